The zero-order valence-corrected chi connectivity index (χ0v) is 17.0. The Kier molecular flexibility index (Phi) is 5.71. The number of fused-ring (bicyclic) bond motifs is 1. The molecular formula is C20H21N3O5S. The predicted molar refractivity (Wildman–Crippen MR) is 109 cm³/mol. The van der Waals surface area contributed by atoms with Crippen molar-refractivity contribution in [2.24, 2.45) is 0 Å². The molecule has 3 aromatic rings. The highest BCUT2D eigenvalue weighted by Gasteiger charge is 2.22. The van der Waals surface area contributed by atoms with Gasteiger partial charge in [0, 0.05) is 36.9 Å². The molecule has 0 fully saturated rings. The van der Waals surface area contributed by atoms with Gasteiger partial charge in [-0.15, -0.1) is 0 Å². The van der Waals surface area contributed by atoms with Crippen LogP contribution in [0.5, 0.6) is 0 Å². The number of nitrogens with zero attached hydrogens (tertiary/aromatic N) is 1. The molecule has 0 saturated heterocycles. The number of sulfonamides is 1. The smallest absolute Gasteiger partial charge is 0.341 e. The van der Waals surface area contributed by atoms with Crippen molar-refractivity contribution in [2.45, 2.75) is 17.9 Å². The van der Waals surface area contributed by atoms with Crippen LogP contribution in [0.25, 0.3) is 10.9 Å². The first-order valence-electron chi connectivity index (χ1n) is 8.80. The summed E-state index contributed by atoms with van der Waals surface area (Å²) in [5, 5.41) is 3.27. The number of ether oxygens (including phenoxy) is 1. The van der Waals surface area contributed by atoms with Gasteiger partial charge in [-0.2, -0.15) is 0 Å². The Hall–Kier alpha value is -3.17. The molecule has 1 heterocycles. The maximum Gasteiger partial charge on any atom is 0.341 e. The van der Waals surface area contributed by atoms with Crippen LogP contribution < -0.4 is 5.32 Å². The predicted octanol–water partition coefficient (Wildman–Crippen LogP) is 2.60. The summed E-state index contributed by atoms with van der Waals surface area (Å²) in [6.07, 6.45) is 0.456. The van der Waals surface area contributed by atoms with E-state index in [1.807, 2.05) is 12.1 Å². The number of para-hydroxylation sites is 1. The van der Waals surface area contributed by atoms with Gasteiger partial charge in [-0.3, -0.25) is 4.79 Å². The average molecular weight is 415 g/mol. The minimum Gasteiger partial charge on any atom is -0.449 e. The quantitative estimate of drug-likeness (QED) is 0.602. The lowest BCUT2D eigenvalue weighted by atomic mass is 10.2. The maximum absolute atomic E-state index is 12.4. The molecule has 0 spiro atoms. The molecule has 1 atom stereocenters. The minimum absolute atomic E-state index is 0.0451. The Morgan fingerprint density at radius 2 is 1.83 bits per heavy atom. The van der Waals surface area contributed by atoms with Gasteiger partial charge in [0.15, 0.2) is 6.10 Å². The first kappa shape index (κ1) is 20.6. The number of carbonyl (C=O) groups is 2. The van der Waals surface area contributed by atoms with E-state index in [-0.39, 0.29) is 10.6 Å². The number of aromatic amines is 1. The van der Waals surface area contributed by atoms with Crippen molar-refractivity contribution >= 4 is 38.5 Å². The van der Waals surface area contributed by atoms with E-state index < -0.39 is 28.0 Å². The molecule has 0 aliphatic carbocycles. The molecule has 0 aliphatic rings. The molecule has 2 N–H and O–H groups in total. The van der Waals surface area contributed by atoms with Gasteiger partial charge < -0.3 is 15.0 Å². The fourth-order valence-electron chi connectivity index (χ4n) is 2.71. The van der Waals surface area contributed by atoms with Crippen LogP contribution in [0.15, 0.2) is 59.6 Å². The van der Waals surface area contributed by atoms with Gasteiger partial charge in [0.2, 0.25) is 10.0 Å². The summed E-state index contributed by atoms with van der Waals surface area (Å²) in [6, 6.07) is 13.1. The second-order valence-corrected chi connectivity index (χ2v) is 8.75. The van der Waals surface area contributed by atoms with Crippen LogP contribution in [0.2, 0.25) is 0 Å². The van der Waals surface area contributed by atoms with Gasteiger partial charge in [-0.25, -0.2) is 17.5 Å². The lowest BCUT2D eigenvalue weighted by molar-refractivity contribution is -0.123. The van der Waals surface area contributed by atoms with E-state index in [1.54, 1.807) is 18.2 Å². The number of hydrogen-bond acceptors (Lipinski definition) is 5. The highest BCUT2D eigenvalue weighted by atomic mass is 32.2. The number of aromatic nitrogens is 1. The number of hydrogen-bond donors (Lipinski definition) is 2. The van der Waals surface area contributed by atoms with Crippen LogP contribution in [0.1, 0.15) is 17.3 Å². The normalized spacial score (nSPS) is 12.7. The Bertz CT molecular complexity index is 1170. The zero-order valence-electron chi connectivity index (χ0n) is 16.2. The van der Waals surface area contributed by atoms with Crippen LogP contribution in [0.3, 0.4) is 0 Å². The van der Waals surface area contributed by atoms with E-state index in [0.717, 1.165) is 9.82 Å². The summed E-state index contributed by atoms with van der Waals surface area (Å²) in [6.45, 7) is 1.45. The number of rotatable bonds is 6. The molecule has 0 saturated carbocycles. The van der Waals surface area contributed by atoms with E-state index in [0.29, 0.717) is 10.9 Å². The van der Waals surface area contributed by atoms with Crippen molar-refractivity contribution in [3.63, 3.8) is 0 Å². The lowest BCUT2D eigenvalue weighted by Gasteiger charge is -2.15. The molecule has 152 valence electrons. The molecule has 1 aromatic heterocycles. The van der Waals surface area contributed by atoms with Crippen molar-refractivity contribution in [2.75, 3.05) is 19.4 Å². The molecule has 3 rings (SSSR count). The molecule has 0 radical (unpaired) electrons. The fourth-order valence-corrected chi connectivity index (χ4v) is 3.66. The van der Waals surface area contributed by atoms with Crippen molar-refractivity contribution in [1.29, 1.82) is 0 Å². The second-order valence-electron chi connectivity index (χ2n) is 6.60. The van der Waals surface area contributed by atoms with Gasteiger partial charge in [0.05, 0.1) is 10.5 Å². The van der Waals surface area contributed by atoms with Crippen molar-refractivity contribution in [3.05, 3.63) is 60.3 Å². The molecular weight excluding hydrogens is 394 g/mol. The van der Waals surface area contributed by atoms with Gasteiger partial charge in [-0.1, -0.05) is 24.3 Å². The van der Waals surface area contributed by atoms with E-state index in [1.165, 1.54) is 45.4 Å². The van der Waals surface area contributed by atoms with Crippen molar-refractivity contribution in [3.8, 4) is 0 Å². The number of benzene rings is 2. The second kappa shape index (κ2) is 8.06. The number of H-pyrrole nitrogens is 1. The first-order valence-corrected chi connectivity index (χ1v) is 10.2. The van der Waals surface area contributed by atoms with E-state index >= 15 is 0 Å². The standard InChI is InChI=1S/C20H21N3O5S/c1-13(28-20(25)17-12-21-18-10-5-4-9-16(17)18)19(24)22-14-7-6-8-15(11-14)29(26,27)23(2)3/h4-13,21H,1-3H3,(H,22,24)/t13-/m1/s1. The molecule has 29 heavy (non-hydrogen) atoms. The minimum atomic E-state index is -3.63. The van der Waals surface area contributed by atoms with Gasteiger partial charge in [0.1, 0.15) is 0 Å². The molecule has 0 unspecified atom stereocenters. The van der Waals surface area contributed by atoms with Crippen LogP contribution >= 0.6 is 0 Å². The Labute approximate surface area is 168 Å². The number of esters is 1. The third-order valence-electron chi connectivity index (χ3n) is 4.34. The van der Waals surface area contributed by atoms with Crippen LogP contribution in [-0.2, 0) is 19.6 Å². The molecule has 8 nitrogen and oxygen atoms in total. The number of nitrogens with one attached hydrogen (secondary N) is 2. The van der Waals surface area contributed by atoms with Crippen LogP contribution in [-0.4, -0.2) is 49.8 Å². The highest BCUT2D eigenvalue weighted by Crippen LogP contribution is 2.20. The fraction of sp³-hybridized carbons (Fsp3) is 0.200. The summed E-state index contributed by atoms with van der Waals surface area (Å²) >= 11 is 0. The lowest BCUT2D eigenvalue weighted by Crippen LogP contribution is -2.30. The van der Waals surface area contributed by atoms with E-state index in [4.69, 9.17) is 4.74 Å². The summed E-state index contributed by atoms with van der Waals surface area (Å²) in [7, 11) is -0.785. The SMILES string of the molecule is C[C@@H](OC(=O)c1c[nH]c2ccccc12)C(=O)Nc1cccc(S(=O)(=O)N(C)C)c1. The van der Waals surface area contributed by atoms with Crippen molar-refractivity contribution in [1.82, 2.24) is 9.29 Å². The third kappa shape index (κ3) is 4.30. The largest absolute Gasteiger partial charge is 0.449 e. The number of amides is 1. The topological polar surface area (TPSA) is 109 Å². The first-order chi connectivity index (χ1) is 13.7. The van der Waals surface area contributed by atoms with E-state index in [9.17, 15) is 18.0 Å². The summed E-state index contributed by atoms with van der Waals surface area (Å²) in [5.74, 6) is -1.20. The Morgan fingerprint density at radius 3 is 2.55 bits per heavy atom. The Morgan fingerprint density at radius 1 is 1.10 bits per heavy atom. The summed E-state index contributed by atoms with van der Waals surface area (Å²) in [4.78, 5) is 27.9. The van der Waals surface area contributed by atoms with Crippen LogP contribution in [0.4, 0.5) is 5.69 Å². The van der Waals surface area contributed by atoms with Crippen molar-refractivity contribution < 1.29 is 22.7 Å². The highest BCUT2D eigenvalue weighted by molar-refractivity contribution is 7.89. The van der Waals surface area contributed by atoms with Crippen LogP contribution in [0, 0.1) is 0 Å². The molecule has 2 aromatic carbocycles. The van der Waals surface area contributed by atoms with Gasteiger partial charge in [-0.05, 0) is 31.2 Å². The molecule has 0 aliphatic heterocycles. The van der Waals surface area contributed by atoms with Gasteiger partial charge in [0.25, 0.3) is 5.91 Å². The maximum atomic E-state index is 12.4. The monoisotopic (exact) mass is 415 g/mol. The molecule has 9 heteroatoms. The molecule has 0 bridgehead atoms. The summed E-state index contributed by atoms with van der Waals surface area (Å²) in [5.41, 5.74) is 1.41. The zero-order chi connectivity index (χ0) is 21.2. The number of anilines is 1. The summed E-state index contributed by atoms with van der Waals surface area (Å²) < 4.78 is 30.8. The Balaban J connectivity index is 1.70. The molecule has 1 amide bonds. The van der Waals surface area contributed by atoms with E-state index in [2.05, 4.69) is 10.3 Å². The average Bonchev–Trinajstić information content (AvgIpc) is 3.12. The number of carbonyl (C=O) groups excluding carboxylic acids is 2. The third-order valence-corrected chi connectivity index (χ3v) is 6.15. The van der Waals surface area contributed by atoms with Gasteiger partial charge >= 0.3 is 5.97 Å².